The molecule has 0 radical (unpaired) electrons. The molecule has 1 rings (SSSR count). The summed E-state index contributed by atoms with van der Waals surface area (Å²) in [5.41, 5.74) is 2.55. The Bertz CT molecular complexity index is 374. The Balaban J connectivity index is 2.49. The van der Waals surface area contributed by atoms with E-state index in [1.807, 2.05) is 0 Å². The third-order valence-corrected chi connectivity index (χ3v) is 2.81. The van der Waals surface area contributed by atoms with Crippen molar-refractivity contribution < 1.29 is 0 Å². The van der Waals surface area contributed by atoms with E-state index in [1.165, 1.54) is 11.3 Å². The molecule has 1 aromatic rings. The van der Waals surface area contributed by atoms with Gasteiger partial charge in [0, 0.05) is 39.4 Å². The quantitative estimate of drug-likeness (QED) is 0.607. The first-order valence-corrected chi connectivity index (χ1v) is 6.95. The molecule has 0 saturated heterocycles. The molecular weight excluding hydrogens is 236 g/mol. The average Bonchev–Trinajstić information content (AvgIpc) is 2.40. The minimum Gasteiger partial charge on any atom is -0.378 e. The fourth-order valence-electron chi connectivity index (χ4n) is 1.77. The van der Waals surface area contributed by atoms with Gasteiger partial charge < -0.3 is 15.5 Å². The largest absolute Gasteiger partial charge is 0.378 e. The van der Waals surface area contributed by atoms with Crippen molar-refractivity contribution in [3.63, 3.8) is 0 Å². The Morgan fingerprint density at radius 1 is 1.05 bits per heavy atom. The van der Waals surface area contributed by atoms with Crippen molar-refractivity contribution in [2.75, 3.05) is 38.6 Å². The van der Waals surface area contributed by atoms with Gasteiger partial charge >= 0.3 is 0 Å². The summed E-state index contributed by atoms with van der Waals surface area (Å²) in [5, 5.41) is 6.45. The normalized spacial score (nSPS) is 9.89. The maximum Gasteiger partial charge on any atom is 0.191 e. The number of nitrogens with zero attached hydrogens (tertiary/aromatic N) is 2. The minimum atomic E-state index is 0.802. The van der Waals surface area contributed by atoms with Gasteiger partial charge in [0.05, 0.1) is 0 Å². The Kier molecular flexibility index (Phi) is 6.79. The Hall–Kier alpha value is -1.71. The number of hydrogen-bond acceptors (Lipinski definition) is 2. The Morgan fingerprint density at radius 2 is 1.63 bits per heavy atom. The Labute approximate surface area is 116 Å². The van der Waals surface area contributed by atoms with E-state index in [9.17, 15) is 0 Å². The highest BCUT2D eigenvalue weighted by atomic mass is 15.2. The molecule has 0 aromatic heterocycles. The first kappa shape index (κ1) is 15.3. The fraction of sp³-hybridized carbons (Fsp3) is 0.533. The molecule has 0 saturated carbocycles. The summed E-state index contributed by atoms with van der Waals surface area (Å²) < 4.78 is 0. The molecule has 0 aliphatic carbocycles. The molecule has 4 heteroatoms. The van der Waals surface area contributed by atoms with Gasteiger partial charge in [-0.25, -0.2) is 0 Å². The first-order chi connectivity index (χ1) is 9.17. The van der Waals surface area contributed by atoms with Crippen molar-refractivity contribution in [2.24, 2.45) is 4.99 Å². The van der Waals surface area contributed by atoms with Gasteiger partial charge in [-0.1, -0.05) is 12.1 Å². The van der Waals surface area contributed by atoms with E-state index >= 15 is 0 Å². The SMILES string of the molecule is CCNC(=NCCc1ccc(N(C)C)cc1)NCC. The number of aliphatic imine (C=N–C) groups is 1. The molecule has 0 atom stereocenters. The van der Waals surface area contributed by atoms with Gasteiger partial charge in [-0.15, -0.1) is 0 Å². The van der Waals surface area contributed by atoms with Crippen molar-refractivity contribution in [3.8, 4) is 0 Å². The molecule has 4 nitrogen and oxygen atoms in total. The summed E-state index contributed by atoms with van der Waals surface area (Å²) >= 11 is 0. The molecule has 19 heavy (non-hydrogen) atoms. The van der Waals surface area contributed by atoms with Gasteiger partial charge in [0.25, 0.3) is 0 Å². The van der Waals surface area contributed by atoms with E-state index in [0.717, 1.165) is 32.0 Å². The lowest BCUT2D eigenvalue weighted by molar-refractivity contribution is 0.833. The molecule has 2 N–H and O–H groups in total. The zero-order valence-corrected chi connectivity index (χ0v) is 12.5. The van der Waals surface area contributed by atoms with Crippen molar-refractivity contribution in [1.29, 1.82) is 0 Å². The maximum atomic E-state index is 4.54. The van der Waals surface area contributed by atoms with Gasteiger partial charge in [-0.2, -0.15) is 0 Å². The van der Waals surface area contributed by atoms with Crippen molar-refractivity contribution >= 4 is 11.6 Å². The zero-order valence-electron chi connectivity index (χ0n) is 12.5. The highest BCUT2D eigenvalue weighted by Gasteiger charge is 1.97. The van der Waals surface area contributed by atoms with Crippen molar-refractivity contribution in [1.82, 2.24) is 10.6 Å². The second-order valence-electron chi connectivity index (χ2n) is 4.60. The van der Waals surface area contributed by atoms with Crippen LogP contribution in [-0.4, -0.2) is 39.7 Å². The molecule has 0 bridgehead atoms. The smallest absolute Gasteiger partial charge is 0.191 e. The number of hydrogen-bond donors (Lipinski definition) is 2. The molecule has 0 spiro atoms. The predicted molar refractivity (Wildman–Crippen MR) is 84.1 cm³/mol. The summed E-state index contributed by atoms with van der Waals surface area (Å²) in [6.45, 7) is 6.74. The second-order valence-corrected chi connectivity index (χ2v) is 4.60. The van der Waals surface area contributed by atoms with Gasteiger partial charge in [0.2, 0.25) is 0 Å². The molecular formula is C15H26N4. The lowest BCUT2D eigenvalue weighted by atomic mass is 10.1. The lowest BCUT2D eigenvalue weighted by Gasteiger charge is -2.12. The maximum absolute atomic E-state index is 4.54. The number of nitrogens with one attached hydrogen (secondary N) is 2. The van der Waals surface area contributed by atoms with Crippen LogP contribution in [0.25, 0.3) is 0 Å². The molecule has 0 aliphatic heterocycles. The molecule has 0 aliphatic rings. The van der Waals surface area contributed by atoms with Crippen LogP contribution < -0.4 is 15.5 Å². The van der Waals surface area contributed by atoms with Gasteiger partial charge in [0.1, 0.15) is 0 Å². The number of anilines is 1. The van der Waals surface area contributed by atoms with Crippen LogP contribution in [0.2, 0.25) is 0 Å². The summed E-state index contributed by atoms with van der Waals surface area (Å²) in [5.74, 6) is 0.898. The van der Waals surface area contributed by atoms with Gasteiger partial charge in [-0.05, 0) is 38.0 Å². The third kappa shape index (κ3) is 5.64. The summed E-state index contributed by atoms with van der Waals surface area (Å²) in [7, 11) is 4.11. The average molecular weight is 262 g/mol. The fourth-order valence-corrected chi connectivity index (χ4v) is 1.77. The molecule has 0 unspecified atom stereocenters. The van der Waals surface area contributed by atoms with Crippen LogP contribution >= 0.6 is 0 Å². The van der Waals surface area contributed by atoms with Gasteiger partial charge in [-0.3, -0.25) is 4.99 Å². The van der Waals surface area contributed by atoms with Crippen LogP contribution in [0.5, 0.6) is 0 Å². The Morgan fingerprint density at radius 3 is 2.11 bits per heavy atom. The molecule has 1 aromatic carbocycles. The summed E-state index contributed by atoms with van der Waals surface area (Å²) in [6.07, 6.45) is 0.966. The van der Waals surface area contributed by atoms with Crippen LogP contribution in [0, 0.1) is 0 Å². The number of guanidine groups is 1. The van der Waals surface area contributed by atoms with E-state index in [4.69, 9.17) is 0 Å². The van der Waals surface area contributed by atoms with E-state index in [1.54, 1.807) is 0 Å². The van der Waals surface area contributed by atoms with E-state index in [2.05, 4.69) is 72.7 Å². The number of benzene rings is 1. The van der Waals surface area contributed by atoms with Crippen LogP contribution in [0.3, 0.4) is 0 Å². The van der Waals surface area contributed by atoms with Crippen LogP contribution in [0.1, 0.15) is 19.4 Å². The molecule has 0 heterocycles. The predicted octanol–water partition coefficient (Wildman–Crippen LogP) is 1.87. The second kappa shape index (κ2) is 8.40. The summed E-state index contributed by atoms with van der Waals surface area (Å²) in [6, 6.07) is 8.64. The van der Waals surface area contributed by atoms with E-state index in [0.29, 0.717) is 0 Å². The van der Waals surface area contributed by atoms with Gasteiger partial charge in [0.15, 0.2) is 5.96 Å². The van der Waals surface area contributed by atoms with E-state index in [-0.39, 0.29) is 0 Å². The minimum absolute atomic E-state index is 0.802. The monoisotopic (exact) mass is 262 g/mol. The van der Waals surface area contributed by atoms with Crippen molar-refractivity contribution in [3.05, 3.63) is 29.8 Å². The first-order valence-electron chi connectivity index (χ1n) is 6.95. The standard InChI is InChI=1S/C15H26N4/c1-5-16-15(17-6-2)18-12-11-13-7-9-14(10-8-13)19(3)4/h7-10H,5-6,11-12H2,1-4H3,(H2,16,17,18). The zero-order chi connectivity index (χ0) is 14.1. The van der Waals surface area contributed by atoms with Crippen molar-refractivity contribution in [2.45, 2.75) is 20.3 Å². The summed E-state index contributed by atoms with van der Waals surface area (Å²) in [4.78, 5) is 6.65. The topological polar surface area (TPSA) is 39.7 Å². The molecule has 0 fully saturated rings. The number of rotatable bonds is 6. The van der Waals surface area contributed by atoms with E-state index < -0.39 is 0 Å². The molecule has 106 valence electrons. The van der Waals surface area contributed by atoms with Crippen LogP contribution in [-0.2, 0) is 6.42 Å². The highest BCUT2D eigenvalue weighted by Crippen LogP contribution is 2.12. The lowest BCUT2D eigenvalue weighted by Crippen LogP contribution is -2.37. The van der Waals surface area contributed by atoms with Crippen LogP contribution in [0.15, 0.2) is 29.3 Å². The van der Waals surface area contributed by atoms with Crippen LogP contribution in [0.4, 0.5) is 5.69 Å². The highest BCUT2D eigenvalue weighted by molar-refractivity contribution is 5.79. The third-order valence-electron chi connectivity index (χ3n) is 2.81. The molecule has 0 amide bonds.